The van der Waals surface area contributed by atoms with Crippen LogP contribution >= 0.6 is 0 Å². The van der Waals surface area contributed by atoms with E-state index in [-0.39, 0.29) is 5.41 Å². The molecule has 244 valence electrons. The summed E-state index contributed by atoms with van der Waals surface area (Å²) >= 11 is 0. The van der Waals surface area contributed by atoms with Crippen LogP contribution in [0.3, 0.4) is 0 Å². The minimum atomic E-state index is -0.138. The van der Waals surface area contributed by atoms with E-state index in [1.54, 1.807) is 0 Å². The van der Waals surface area contributed by atoms with Crippen molar-refractivity contribution in [3.8, 4) is 50.5 Å². The van der Waals surface area contributed by atoms with Gasteiger partial charge in [-0.15, -0.1) is 0 Å². The molecule has 1 aliphatic carbocycles. The number of fused-ring (bicyclic) bond motifs is 4. The molecule has 11 rings (SSSR count). The summed E-state index contributed by atoms with van der Waals surface area (Å²) in [5.74, 6) is 0.952. The van der Waals surface area contributed by atoms with Gasteiger partial charge in [-0.3, -0.25) is 4.57 Å². The predicted octanol–water partition coefficient (Wildman–Crippen LogP) is 13.2. The Kier molecular flexibility index (Phi) is 6.04. The molecule has 0 bridgehead atoms. The van der Waals surface area contributed by atoms with E-state index in [1.807, 2.05) is 0 Å². The number of nitrogens with zero attached hydrogens (tertiary/aromatic N) is 2. The van der Waals surface area contributed by atoms with Crippen molar-refractivity contribution in [2.75, 3.05) is 0 Å². The summed E-state index contributed by atoms with van der Waals surface area (Å²) in [6, 6.07) is 62.3. The molecule has 0 fully saturated rings. The smallest absolute Gasteiger partial charge is 0.145 e. The third kappa shape index (κ3) is 4.15. The number of hydrogen-bond acceptors (Lipinski definition) is 1. The van der Waals surface area contributed by atoms with Crippen LogP contribution in [0.1, 0.15) is 25.0 Å². The molecule has 1 aromatic heterocycles. The Labute approximate surface area is 302 Å². The number of imidazole rings is 1. The normalized spacial score (nSPS) is 13.3. The van der Waals surface area contributed by atoms with E-state index in [2.05, 4.69) is 188 Å². The zero-order chi connectivity index (χ0) is 34.6. The standard InChI is InChI=1S/C50H34N2/c1-50(2)43-29-36(31-17-23-38(24-18-31)52-46-14-7-6-13-45(46)51-49(52)35-9-4-3-5-10-35)21-26-40(43)41-27-22-37(30-44(41)50)39-25-19-34-16-15-32-11-8-12-33-20-28-42(39)48(34)47(32)33/h3-30H,1-2H3. The van der Waals surface area contributed by atoms with Gasteiger partial charge in [-0.25, -0.2) is 4.98 Å². The van der Waals surface area contributed by atoms with Gasteiger partial charge >= 0.3 is 0 Å². The van der Waals surface area contributed by atoms with Gasteiger partial charge in [0.05, 0.1) is 11.0 Å². The van der Waals surface area contributed by atoms with Crippen molar-refractivity contribution in [2.45, 2.75) is 19.3 Å². The van der Waals surface area contributed by atoms with E-state index in [0.29, 0.717) is 0 Å². The zero-order valence-corrected chi connectivity index (χ0v) is 29.1. The summed E-state index contributed by atoms with van der Waals surface area (Å²) in [6.45, 7) is 4.77. The largest absolute Gasteiger partial charge is 0.292 e. The maximum atomic E-state index is 5.04. The minimum Gasteiger partial charge on any atom is -0.292 e. The molecular weight excluding hydrogens is 629 g/mol. The third-order valence-electron chi connectivity index (χ3n) is 11.6. The summed E-state index contributed by atoms with van der Waals surface area (Å²) < 4.78 is 2.27. The van der Waals surface area contributed by atoms with Crippen LogP contribution < -0.4 is 0 Å². The molecule has 0 atom stereocenters. The molecule has 0 radical (unpaired) electrons. The third-order valence-corrected chi connectivity index (χ3v) is 11.6. The SMILES string of the molecule is CC1(C)c2cc(-c3ccc(-n4c(-c5ccccc5)nc5ccccc54)cc3)ccc2-c2ccc(-c3ccc4ccc5cccc6ccc3c4c56)cc21. The van der Waals surface area contributed by atoms with Crippen LogP contribution in [-0.2, 0) is 5.41 Å². The molecule has 0 N–H and O–H groups in total. The molecule has 0 spiro atoms. The van der Waals surface area contributed by atoms with E-state index in [1.165, 1.54) is 76.8 Å². The molecule has 2 heteroatoms. The van der Waals surface area contributed by atoms with E-state index >= 15 is 0 Å². The Morgan fingerprint density at radius 3 is 1.81 bits per heavy atom. The van der Waals surface area contributed by atoms with Crippen LogP contribution in [0, 0.1) is 0 Å². The Balaban J connectivity index is 0.973. The van der Waals surface area contributed by atoms with Crippen molar-refractivity contribution >= 4 is 43.4 Å². The fourth-order valence-electron chi connectivity index (χ4n) is 8.94. The first-order valence-electron chi connectivity index (χ1n) is 18.1. The molecule has 1 aliphatic rings. The van der Waals surface area contributed by atoms with Crippen molar-refractivity contribution in [3.05, 3.63) is 181 Å². The van der Waals surface area contributed by atoms with Gasteiger partial charge in [0, 0.05) is 16.7 Å². The monoisotopic (exact) mass is 662 g/mol. The molecule has 1 heterocycles. The number of para-hydroxylation sites is 2. The summed E-state index contributed by atoms with van der Waals surface area (Å²) in [4.78, 5) is 5.04. The van der Waals surface area contributed by atoms with E-state index in [9.17, 15) is 0 Å². The molecule has 10 aromatic rings. The van der Waals surface area contributed by atoms with Gasteiger partial charge in [-0.05, 0) is 113 Å². The van der Waals surface area contributed by atoms with Crippen LogP contribution in [-0.4, -0.2) is 9.55 Å². The summed E-state index contributed by atoms with van der Waals surface area (Å²) in [5.41, 5.74) is 14.6. The quantitative estimate of drug-likeness (QED) is 0.172. The van der Waals surface area contributed by atoms with Crippen molar-refractivity contribution in [2.24, 2.45) is 0 Å². The number of hydrogen-bond donors (Lipinski definition) is 0. The van der Waals surface area contributed by atoms with E-state index < -0.39 is 0 Å². The van der Waals surface area contributed by atoms with Gasteiger partial charge in [0.25, 0.3) is 0 Å². The van der Waals surface area contributed by atoms with Gasteiger partial charge in [0.15, 0.2) is 0 Å². The van der Waals surface area contributed by atoms with Crippen LogP contribution in [0.4, 0.5) is 0 Å². The highest BCUT2D eigenvalue weighted by molar-refractivity contribution is 6.25. The highest BCUT2D eigenvalue weighted by atomic mass is 15.1. The maximum absolute atomic E-state index is 5.04. The fraction of sp³-hybridized carbons (Fsp3) is 0.0600. The average Bonchev–Trinajstić information content (AvgIpc) is 3.69. The van der Waals surface area contributed by atoms with Crippen molar-refractivity contribution < 1.29 is 0 Å². The van der Waals surface area contributed by atoms with Crippen LogP contribution in [0.5, 0.6) is 0 Å². The van der Waals surface area contributed by atoms with Crippen LogP contribution in [0.2, 0.25) is 0 Å². The van der Waals surface area contributed by atoms with E-state index in [0.717, 1.165) is 28.1 Å². The van der Waals surface area contributed by atoms with Gasteiger partial charge < -0.3 is 0 Å². The number of aromatic nitrogens is 2. The molecule has 0 unspecified atom stereocenters. The molecular formula is C50H34N2. The fourth-order valence-corrected chi connectivity index (χ4v) is 8.94. The highest BCUT2D eigenvalue weighted by Crippen LogP contribution is 2.51. The molecule has 52 heavy (non-hydrogen) atoms. The lowest BCUT2D eigenvalue weighted by Crippen LogP contribution is -2.15. The topological polar surface area (TPSA) is 17.8 Å². The average molecular weight is 663 g/mol. The summed E-state index contributed by atoms with van der Waals surface area (Å²) in [7, 11) is 0. The predicted molar refractivity (Wildman–Crippen MR) is 219 cm³/mol. The second-order valence-corrected chi connectivity index (χ2v) is 14.8. The lowest BCUT2D eigenvalue weighted by Gasteiger charge is -2.23. The van der Waals surface area contributed by atoms with Crippen molar-refractivity contribution in [3.63, 3.8) is 0 Å². The second-order valence-electron chi connectivity index (χ2n) is 14.8. The van der Waals surface area contributed by atoms with Gasteiger partial charge in [0.2, 0.25) is 0 Å². The Bertz CT molecular complexity index is 3000. The summed E-state index contributed by atoms with van der Waals surface area (Å²) in [6.07, 6.45) is 0. The molecule has 0 amide bonds. The van der Waals surface area contributed by atoms with Crippen molar-refractivity contribution in [1.82, 2.24) is 9.55 Å². The first-order valence-corrected chi connectivity index (χ1v) is 18.1. The maximum Gasteiger partial charge on any atom is 0.145 e. The minimum absolute atomic E-state index is 0.138. The summed E-state index contributed by atoms with van der Waals surface area (Å²) in [5, 5.41) is 7.95. The van der Waals surface area contributed by atoms with Gasteiger partial charge in [0.1, 0.15) is 5.82 Å². The zero-order valence-electron chi connectivity index (χ0n) is 29.1. The van der Waals surface area contributed by atoms with Gasteiger partial charge in [-0.1, -0.05) is 147 Å². The van der Waals surface area contributed by atoms with E-state index in [4.69, 9.17) is 4.98 Å². The van der Waals surface area contributed by atoms with Crippen molar-refractivity contribution in [1.29, 1.82) is 0 Å². The molecule has 0 aliphatic heterocycles. The highest BCUT2D eigenvalue weighted by Gasteiger charge is 2.36. The molecule has 0 saturated heterocycles. The van der Waals surface area contributed by atoms with Crippen LogP contribution in [0.15, 0.2) is 170 Å². The number of rotatable bonds is 4. The number of benzene rings is 9. The second kappa shape index (κ2) is 10.7. The lowest BCUT2D eigenvalue weighted by atomic mass is 9.80. The Hall–Kier alpha value is -6.51. The Morgan fingerprint density at radius 1 is 0.442 bits per heavy atom. The molecule has 9 aromatic carbocycles. The first kappa shape index (κ1) is 29.2. The van der Waals surface area contributed by atoms with Gasteiger partial charge in [-0.2, -0.15) is 0 Å². The first-order chi connectivity index (χ1) is 25.5. The Morgan fingerprint density at radius 2 is 1.04 bits per heavy atom. The molecule has 0 saturated carbocycles. The van der Waals surface area contributed by atoms with Crippen LogP contribution in [0.25, 0.3) is 93.8 Å². The lowest BCUT2D eigenvalue weighted by molar-refractivity contribution is 0.661. The molecule has 2 nitrogen and oxygen atoms in total.